The number of carbonyl (C=O) groups is 1. The maximum absolute atomic E-state index is 12.9. The molecule has 37 heavy (non-hydrogen) atoms. The molecule has 0 aliphatic rings. The summed E-state index contributed by atoms with van der Waals surface area (Å²) in [5.41, 5.74) is 6.11. The van der Waals surface area contributed by atoms with Crippen molar-refractivity contribution in [3.63, 3.8) is 0 Å². The number of ketones is 1. The monoisotopic (exact) mass is 487 g/mol. The Bertz CT molecular complexity index is 1730. The van der Waals surface area contributed by atoms with Gasteiger partial charge in [0.1, 0.15) is 5.82 Å². The van der Waals surface area contributed by atoms with Gasteiger partial charge in [0.25, 0.3) is 0 Å². The summed E-state index contributed by atoms with van der Waals surface area (Å²) >= 11 is 0. The second-order valence-electron chi connectivity index (χ2n) is 9.39. The fourth-order valence-corrected chi connectivity index (χ4v) is 4.31. The molecule has 0 radical (unpaired) electrons. The predicted octanol–water partition coefficient (Wildman–Crippen LogP) is 6.19. The van der Waals surface area contributed by atoms with Crippen LogP contribution in [0, 0.1) is 0 Å². The van der Waals surface area contributed by atoms with Crippen LogP contribution in [0.5, 0.6) is 0 Å². The van der Waals surface area contributed by atoms with Crippen LogP contribution in [0.15, 0.2) is 79.3 Å². The van der Waals surface area contributed by atoms with Crippen molar-refractivity contribution in [3.8, 4) is 11.4 Å². The number of aromatic amines is 2. The van der Waals surface area contributed by atoms with Gasteiger partial charge in [-0.05, 0) is 53.9 Å². The molecule has 4 heterocycles. The summed E-state index contributed by atoms with van der Waals surface area (Å²) in [4.78, 5) is 29.8. The third-order valence-electron chi connectivity index (χ3n) is 6.35. The lowest BCUT2D eigenvalue weighted by molar-refractivity contribution is 0.0989. The first-order valence-corrected chi connectivity index (χ1v) is 12.2. The average Bonchev–Trinajstić information content (AvgIpc) is 3.55. The molecular weight excluding hydrogens is 462 g/mol. The summed E-state index contributed by atoms with van der Waals surface area (Å²) in [5, 5.41) is 12.3. The fraction of sp³-hybridized carbons (Fsp3) is 0.138. The van der Waals surface area contributed by atoms with Crippen LogP contribution < -0.4 is 5.32 Å². The van der Waals surface area contributed by atoms with Gasteiger partial charge in [0.2, 0.25) is 0 Å². The minimum Gasteiger partial charge on any atom is -0.352 e. The Morgan fingerprint density at radius 3 is 2.68 bits per heavy atom. The predicted molar refractivity (Wildman–Crippen MR) is 145 cm³/mol. The van der Waals surface area contributed by atoms with Crippen molar-refractivity contribution in [3.05, 3.63) is 96.2 Å². The number of fused-ring (bicyclic) bond motifs is 2. The van der Waals surface area contributed by atoms with Crippen LogP contribution in [-0.2, 0) is 6.42 Å². The van der Waals surface area contributed by atoms with Gasteiger partial charge in [0.15, 0.2) is 11.6 Å². The minimum absolute atomic E-state index is 0.0221. The third-order valence-corrected chi connectivity index (χ3v) is 6.35. The molecule has 4 aromatic heterocycles. The number of nitrogens with one attached hydrogen (secondary N) is 3. The Hall–Kier alpha value is -4.85. The molecule has 0 aliphatic heterocycles. The summed E-state index contributed by atoms with van der Waals surface area (Å²) in [6.45, 7) is 4.21. The number of aromatic nitrogens is 6. The number of Topliss-reactive ketones (excluding diaryl/α,β-unsaturated/α-hetero) is 1. The molecule has 0 saturated carbocycles. The molecule has 182 valence electrons. The van der Waals surface area contributed by atoms with E-state index in [2.05, 4.69) is 44.3 Å². The topological polar surface area (TPSA) is 112 Å². The first kappa shape index (κ1) is 22.6. The fourth-order valence-electron chi connectivity index (χ4n) is 4.31. The van der Waals surface area contributed by atoms with Crippen molar-refractivity contribution < 1.29 is 4.79 Å². The molecule has 0 unspecified atom stereocenters. The Morgan fingerprint density at radius 1 is 0.919 bits per heavy atom. The van der Waals surface area contributed by atoms with Gasteiger partial charge in [0, 0.05) is 52.0 Å². The van der Waals surface area contributed by atoms with Crippen molar-refractivity contribution in [2.75, 3.05) is 5.32 Å². The SMILES string of the molecule is CC(C)c1ccc(CC(=O)c2cc3ccc(-c4nccc(Nc5ccc6[nH]ncc6c5)n4)cc3[nH]2)cn1. The van der Waals surface area contributed by atoms with Gasteiger partial charge in [-0.2, -0.15) is 5.10 Å². The van der Waals surface area contributed by atoms with E-state index in [0.717, 1.165) is 44.3 Å². The Balaban J connectivity index is 1.21. The van der Waals surface area contributed by atoms with Crippen LogP contribution in [0.2, 0.25) is 0 Å². The van der Waals surface area contributed by atoms with E-state index in [-0.39, 0.29) is 5.78 Å². The molecule has 0 saturated heterocycles. The normalized spacial score (nSPS) is 11.4. The molecule has 0 aliphatic carbocycles. The lowest BCUT2D eigenvalue weighted by atomic mass is 10.1. The second-order valence-corrected chi connectivity index (χ2v) is 9.39. The largest absolute Gasteiger partial charge is 0.352 e. The smallest absolute Gasteiger partial charge is 0.183 e. The van der Waals surface area contributed by atoms with E-state index in [1.165, 1.54) is 0 Å². The minimum atomic E-state index is 0.0221. The first-order valence-electron chi connectivity index (χ1n) is 12.2. The highest BCUT2D eigenvalue weighted by Crippen LogP contribution is 2.25. The third kappa shape index (κ3) is 4.69. The quantitative estimate of drug-likeness (QED) is 0.232. The summed E-state index contributed by atoms with van der Waals surface area (Å²) in [6, 6.07) is 19.6. The maximum atomic E-state index is 12.9. The highest BCUT2D eigenvalue weighted by molar-refractivity contribution is 6.01. The maximum Gasteiger partial charge on any atom is 0.183 e. The molecule has 0 fully saturated rings. The van der Waals surface area contributed by atoms with Crippen LogP contribution in [0.25, 0.3) is 33.2 Å². The number of carbonyl (C=O) groups excluding carboxylic acids is 1. The highest BCUT2D eigenvalue weighted by Gasteiger charge is 2.13. The number of H-pyrrole nitrogens is 2. The van der Waals surface area contributed by atoms with Crippen molar-refractivity contribution in [1.29, 1.82) is 0 Å². The van der Waals surface area contributed by atoms with Gasteiger partial charge in [-0.25, -0.2) is 9.97 Å². The summed E-state index contributed by atoms with van der Waals surface area (Å²) in [5.74, 6) is 1.66. The van der Waals surface area contributed by atoms with Gasteiger partial charge in [-0.15, -0.1) is 0 Å². The summed E-state index contributed by atoms with van der Waals surface area (Å²) in [7, 11) is 0. The zero-order valence-electron chi connectivity index (χ0n) is 20.5. The van der Waals surface area contributed by atoms with Crippen LogP contribution >= 0.6 is 0 Å². The van der Waals surface area contributed by atoms with Crippen LogP contribution in [0.3, 0.4) is 0 Å². The first-order chi connectivity index (χ1) is 18.0. The number of hydrogen-bond acceptors (Lipinski definition) is 6. The van der Waals surface area contributed by atoms with Crippen molar-refractivity contribution in [2.24, 2.45) is 0 Å². The van der Waals surface area contributed by atoms with E-state index in [0.29, 0.717) is 29.7 Å². The van der Waals surface area contributed by atoms with Crippen molar-refractivity contribution in [1.82, 2.24) is 30.1 Å². The molecule has 0 amide bonds. The Kier molecular flexibility index (Phi) is 5.69. The number of anilines is 2. The number of benzene rings is 2. The highest BCUT2D eigenvalue weighted by atomic mass is 16.1. The number of rotatable bonds is 7. The molecule has 8 nitrogen and oxygen atoms in total. The van der Waals surface area contributed by atoms with Gasteiger partial charge in [0.05, 0.1) is 17.4 Å². The van der Waals surface area contributed by atoms with Crippen molar-refractivity contribution in [2.45, 2.75) is 26.2 Å². The number of nitrogens with zero attached hydrogens (tertiary/aromatic N) is 4. The summed E-state index contributed by atoms with van der Waals surface area (Å²) < 4.78 is 0. The lowest BCUT2D eigenvalue weighted by Crippen LogP contribution is -2.04. The molecule has 0 spiro atoms. The van der Waals surface area contributed by atoms with E-state index in [9.17, 15) is 4.79 Å². The van der Waals surface area contributed by atoms with E-state index in [1.807, 2.05) is 60.7 Å². The number of hydrogen-bond donors (Lipinski definition) is 3. The van der Waals surface area contributed by atoms with Crippen molar-refractivity contribution >= 4 is 39.1 Å². The zero-order chi connectivity index (χ0) is 25.4. The Morgan fingerprint density at radius 2 is 1.84 bits per heavy atom. The molecule has 6 aromatic rings. The lowest BCUT2D eigenvalue weighted by Gasteiger charge is -2.07. The molecule has 6 rings (SSSR count). The molecule has 0 atom stereocenters. The standard InChI is InChI=1S/C29H25N7O/c1-17(2)23-7-3-18(15-31-23)11-27(37)26-13-19-4-5-20(14-25(19)34-26)29-30-10-9-28(35-29)33-22-6-8-24-21(12-22)16-32-36-24/h3-10,12-17,34H,11H2,1-2H3,(H,32,36)(H,30,33,35). The molecule has 3 N–H and O–H groups in total. The zero-order valence-corrected chi connectivity index (χ0v) is 20.5. The second kappa shape index (κ2) is 9.31. The van der Waals surface area contributed by atoms with E-state index < -0.39 is 0 Å². The van der Waals surface area contributed by atoms with E-state index in [1.54, 1.807) is 18.6 Å². The van der Waals surface area contributed by atoms with Crippen LogP contribution in [0.4, 0.5) is 11.5 Å². The van der Waals surface area contributed by atoms with Gasteiger partial charge in [-0.1, -0.05) is 32.0 Å². The molecule has 8 heteroatoms. The Labute approximate surface area is 213 Å². The van der Waals surface area contributed by atoms with Gasteiger partial charge < -0.3 is 10.3 Å². The molecular formula is C29H25N7O. The average molecular weight is 488 g/mol. The van der Waals surface area contributed by atoms with Gasteiger partial charge in [-0.3, -0.25) is 14.9 Å². The molecule has 2 aromatic carbocycles. The van der Waals surface area contributed by atoms with Gasteiger partial charge >= 0.3 is 0 Å². The van der Waals surface area contributed by atoms with Crippen LogP contribution in [-0.4, -0.2) is 35.9 Å². The van der Waals surface area contributed by atoms with Crippen LogP contribution in [0.1, 0.15) is 41.5 Å². The summed E-state index contributed by atoms with van der Waals surface area (Å²) in [6.07, 6.45) is 5.61. The van der Waals surface area contributed by atoms with E-state index >= 15 is 0 Å². The molecule has 0 bridgehead atoms. The number of pyridine rings is 1. The van der Waals surface area contributed by atoms with E-state index in [4.69, 9.17) is 4.98 Å².